The molecular formula is C18H24N2O. The smallest absolute Gasteiger partial charge is 0.119 e. The summed E-state index contributed by atoms with van der Waals surface area (Å²) in [5.74, 6) is 0.913. The summed E-state index contributed by atoms with van der Waals surface area (Å²) in [5, 5.41) is 4.81. The number of ether oxygens (including phenoxy) is 1. The van der Waals surface area contributed by atoms with Gasteiger partial charge in [0.2, 0.25) is 0 Å². The lowest BCUT2D eigenvalue weighted by Crippen LogP contribution is -2.15. The molecule has 1 aliphatic carbocycles. The topological polar surface area (TPSA) is 37.0 Å². The van der Waals surface area contributed by atoms with Gasteiger partial charge in [0.15, 0.2) is 0 Å². The highest BCUT2D eigenvalue weighted by atomic mass is 16.5. The van der Waals surface area contributed by atoms with Crippen LogP contribution in [-0.4, -0.2) is 18.6 Å². The first-order valence-corrected chi connectivity index (χ1v) is 7.89. The molecule has 1 aromatic heterocycles. The number of aromatic nitrogens is 1. The van der Waals surface area contributed by atoms with Crippen LogP contribution in [0.1, 0.15) is 37.7 Å². The van der Waals surface area contributed by atoms with E-state index in [2.05, 4.69) is 34.7 Å². The minimum absolute atomic E-state index is 0.903. The third-order valence-corrected chi connectivity index (χ3v) is 4.30. The highest BCUT2D eigenvalue weighted by molar-refractivity contribution is 5.84. The Balaban J connectivity index is 1.56. The van der Waals surface area contributed by atoms with E-state index >= 15 is 0 Å². The van der Waals surface area contributed by atoms with E-state index < -0.39 is 0 Å². The lowest BCUT2D eigenvalue weighted by molar-refractivity contribution is 0.415. The van der Waals surface area contributed by atoms with E-state index in [-0.39, 0.29) is 0 Å². The number of H-pyrrole nitrogens is 1. The fraction of sp³-hybridized carbons (Fsp3) is 0.444. The van der Waals surface area contributed by atoms with Gasteiger partial charge in [-0.05, 0) is 62.4 Å². The minimum Gasteiger partial charge on any atom is -0.497 e. The van der Waals surface area contributed by atoms with Crippen molar-refractivity contribution in [1.29, 1.82) is 0 Å². The lowest BCUT2D eigenvalue weighted by Gasteiger charge is -2.12. The average molecular weight is 284 g/mol. The molecule has 0 saturated carbocycles. The number of rotatable bonds is 6. The minimum atomic E-state index is 0.903. The highest BCUT2D eigenvalue weighted by Gasteiger charge is 2.06. The highest BCUT2D eigenvalue weighted by Crippen LogP contribution is 2.23. The molecule has 21 heavy (non-hydrogen) atoms. The molecule has 3 heteroatoms. The summed E-state index contributed by atoms with van der Waals surface area (Å²) in [5.41, 5.74) is 4.11. The fourth-order valence-corrected chi connectivity index (χ4v) is 3.03. The Bertz CT molecular complexity index is 627. The monoisotopic (exact) mass is 284 g/mol. The van der Waals surface area contributed by atoms with Crippen molar-refractivity contribution in [3.05, 3.63) is 41.6 Å². The van der Waals surface area contributed by atoms with E-state index in [0.29, 0.717) is 0 Å². The summed E-state index contributed by atoms with van der Waals surface area (Å²) < 4.78 is 5.31. The molecule has 3 rings (SSSR count). The van der Waals surface area contributed by atoms with E-state index in [9.17, 15) is 0 Å². The molecule has 0 aliphatic heterocycles. The SMILES string of the molecule is COc1ccc2[nH]cc(CNCCC3=CCCCC3)c2c1. The van der Waals surface area contributed by atoms with Crippen molar-refractivity contribution in [2.75, 3.05) is 13.7 Å². The van der Waals surface area contributed by atoms with Gasteiger partial charge >= 0.3 is 0 Å². The Labute approximate surface area is 126 Å². The second kappa shape index (κ2) is 6.81. The average Bonchev–Trinajstić information content (AvgIpc) is 2.95. The fourth-order valence-electron chi connectivity index (χ4n) is 3.03. The van der Waals surface area contributed by atoms with Crippen molar-refractivity contribution in [1.82, 2.24) is 10.3 Å². The van der Waals surface area contributed by atoms with Crippen molar-refractivity contribution < 1.29 is 4.74 Å². The van der Waals surface area contributed by atoms with Crippen LogP contribution in [0.2, 0.25) is 0 Å². The maximum Gasteiger partial charge on any atom is 0.119 e. The molecular weight excluding hydrogens is 260 g/mol. The van der Waals surface area contributed by atoms with Crippen LogP contribution in [0.4, 0.5) is 0 Å². The van der Waals surface area contributed by atoms with Crippen molar-refractivity contribution >= 4 is 10.9 Å². The number of benzene rings is 1. The summed E-state index contributed by atoms with van der Waals surface area (Å²) in [4.78, 5) is 3.32. The van der Waals surface area contributed by atoms with Crippen LogP contribution in [0.15, 0.2) is 36.0 Å². The first-order chi connectivity index (χ1) is 10.4. The summed E-state index contributed by atoms with van der Waals surface area (Å²) >= 11 is 0. The molecule has 0 amide bonds. The van der Waals surface area contributed by atoms with Crippen LogP contribution < -0.4 is 10.1 Å². The van der Waals surface area contributed by atoms with E-state index in [1.165, 1.54) is 48.6 Å². The Morgan fingerprint density at radius 2 is 2.24 bits per heavy atom. The van der Waals surface area contributed by atoms with Gasteiger partial charge in [-0.1, -0.05) is 11.6 Å². The van der Waals surface area contributed by atoms with Gasteiger partial charge in [0.1, 0.15) is 5.75 Å². The van der Waals surface area contributed by atoms with Crippen LogP contribution in [0.3, 0.4) is 0 Å². The molecule has 2 aromatic rings. The quantitative estimate of drug-likeness (QED) is 0.617. The maximum atomic E-state index is 5.31. The van der Waals surface area contributed by atoms with Gasteiger partial charge in [0.05, 0.1) is 7.11 Å². The van der Waals surface area contributed by atoms with Gasteiger partial charge in [0.25, 0.3) is 0 Å². The normalized spacial score (nSPS) is 15.2. The van der Waals surface area contributed by atoms with Crippen molar-refractivity contribution in [2.45, 2.75) is 38.6 Å². The van der Waals surface area contributed by atoms with Gasteiger partial charge < -0.3 is 15.0 Å². The van der Waals surface area contributed by atoms with Crippen LogP contribution in [-0.2, 0) is 6.54 Å². The number of hydrogen-bond acceptors (Lipinski definition) is 2. The predicted octanol–water partition coefficient (Wildman–Crippen LogP) is 4.16. The van der Waals surface area contributed by atoms with E-state index in [4.69, 9.17) is 4.74 Å². The lowest BCUT2D eigenvalue weighted by atomic mass is 9.97. The van der Waals surface area contributed by atoms with E-state index in [1.807, 2.05) is 6.07 Å². The Morgan fingerprint density at radius 3 is 3.05 bits per heavy atom. The van der Waals surface area contributed by atoms with Crippen LogP contribution in [0.5, 0.6) is 5.75 Å². The number of aromatic amines is 1. The van der Waals surface area contributed by atoms with Crippen molar-refractivity contribution in [2.24, 2.45) is 0 Å². The molecule has 0 spiro atoms. The molecule has 0 fully saturated rings. The van der Waals surface area contributed by atoms with Gasteiger partial charge in [-0.15, -0.1) is 0 Å². The Morgan fingerprint density at radius 1 is 1.29 bits per heavy atom. The van der Waals surface area contributed by atoms with Crippen LogP contribution in [0, 0.1) is 0 Å². The molecule has 0 radical (unpaired) electrons. The van der Waals surface area contributed by atoms with Crippen LogP contribution in [0.25, 0.3) is 10.9 Å². The summed E-state index contributed by atoms with van der Waals surface area (Å²) in [6.45, 7) is 1.96. The molecule has 1 aliphatic rings. The molecule has 1 aromatic carbocycles. The molecule has 0 atom stereocenters. The molecule has 2 N–H and O–H groups in total. The number of fused-ring (bicyclic) bond motifs is 1. The number of hydrogen-bond donors (Lipinski definition) is 2. The van der Waals surface area contributed by atoms with E-state index in [0.717, 1.165) is 18.8 Å². The Kier molecular flexibility index (Phi) is 4.61. The van der Waals surface area contributed by atoms with Gasteiger partial charge in [-0.25, -0.2) is 0 Å². The molecule has 0 unspecified atom stereocenters. The Hall–Kier alpha value is -1.74. The second-order valence-corrected chi connectivity index (χ2v) is 5.76. The third-order valence-electron chi connectivity index (χ3n) is 4.30. The van der Waals surface area contributed by atoms with Gasteiger partial charge in [0, 0.05) is 23.6 Å². The van der Waals surface area contributed by atoms with Gasteiger partial charge in [-0.3, -0.25) is 0 Å². The van der Waals surface area contributed by atoms with Crippen LogP contribution >= 0.6 is 0 Å². The standard InChI is InChI=1S/C18H24N2O/c1-21-16-7-8-18-17(11-16)15(13-20-18)12-19-10-9-14-5-3-2-4-6-14/h5,7-8,11,13,19-20H,2-4,6,9-10,12H2,1H3. The van der Waals surface area contributed by atoms with Gasteiger partial charge in [-0.2, -0.15) is 0 Å². The molecule has 0 bridgehead atoms. The molecule has 1 heterocycles. The molecule has 112 valence electrons. The first-order valence-electron chi connectivity index (χ1n) is 7.89. The second-order valence-electron chi connectivity index (χ2n) is 5.76. The summed E-state index contributed by atoms with van der Waals surface area (Å²) in [7, 11) is 1.71. The zero-order valence-electron chi connectivity index (χ0n) is 12.7. The summed E-state index contributed by atoms with van der Waals surface area (Å²) in [6.07, 6.45) is 11.0. The maximum absolute atomic E-state index is 5.31. The number of methoxy groups -OCH3 is 1. The van der Waals surface area contributed by atoms with E-state index in [1.54, 1.807) is 12.7 Å². The molecule has 3 nitrogen and oxygen atoms in total. The largest absolute Gasteiger partial charge is 0.497 e. The number of allylic oxidation sites excluding steroid dienone is 1. The zero-order chi connectivity index (χ0) is 14.5. The predicted molar refractivity (Wildman–Crippen MR) is 87.7 cm³/mol. The third kappa shape index (κ3) is 3.48. The number of nitrogens with one attached hydrogen (secondary N) is 2. The summed E-state index contributed by atoms with van der Waals surface area (Å²) in [6, 6.07) is 6.17. The zero-order valence-corrected chi connectivity index (χ0v) is 12.7. The van der Waals surface area contributed by atoms with Crippen molar-refractivity contribution in [3.63, 3.8) is 0 Å². The molecule has 0 saturated heterocycles. The van der Waals surface area contributed by atoms with Crippen molar-refractivity contribution in [3.8, 4) is 5.75 Å². The first kappa shape index (κ1) is 14.2.